The van der Waals surface area contributed by atoms with E-state index < -0.39 is 0 Å². The monoisotopic (exact) mass is 326 g/mol. The van der Waals surface area contributed by atoms with Gasteiger partial charge in [0.1, 0.15) is 11.5 Å². The van der Waals surface area contributed by atoms with Gasteiger partial charge in [-0.2, -0.15) is 0 Å². The first kappa shape index (κ1) is 17.5. The van der Waals surface area contributed by atoms with Crippen molar-refractivity contribution >= 4 is 23.6 Å². The van der Waals surface area contributed by atoms with Gasteiger partial charge in [-0.3, -0.25) is 9.59 Å². The van der Waals surface area contributed by atoms with Crippen LogP contribution >= 0.6 is 0 Å². The molecule has 0 saturated heterocycles. The van der Waals surface area contributed by atoms with Crippen molar-refractivity contribution in [3.8, 4) is 0 Å². The number of aryl methyl sites for hydroxylation is 1. The van der Waals surface area contributed by atoms with Crippen LogP contribution in [0.4, 0.5) is 5.69 Å². The molecule has 0 aliphatic carbocycles. The molecule has 1 heterocycles. The molecule has 0 radical (unpaired) electrons. The number of benzene rings is 1. The second kappa shape index (κ2) is 8.15. The zero-order valence-corrected chi connectivity index (χ0v) is 14.2. The molecule has 1 N–H and O–H groups in total. The number of furan rings is 1. The topological polar surface area (TPSA) is 62.6 Å². The number of carbonyl (C=O) groups is 2. The fourth-order valence-electron chi connectivity index (χ4n) is 2.27. The summed E-state index contributed by atoms with van der Waals surface area (Å²) in [6.07, 6.45) is 3.02. The van der Waals surface area contributed by atoms with E-state index in [2.05, 4.69) is 5.32 Å². The Labute approximate surface area is 142 Å². The largest absolute Gasteiger partial charge is 0.462 e. The number of carbonyl (C=O) groups excluding carboxylic acids is 2. The number of hydrogen-bond donors (Lipinski definition) is 1. The normalized spacial score (nSPS) is 10.8. The highest BCUT2D eigenvalue weighted by Crippen LogP contribution is 2.12. The zero-order chi connectivity index (χ0) is 17.5. The minimum Gasteiger partial charge on any atom is -0.462 e. The maximum atomic E-state index is 12.2. The fraction of sp³-hybridized carbons (Fsp3) is 0.263. The van der Waals surface area contributed by atoms with Crippen LogP contribution in [0.2, 0.25) is 0 Å². The predicted octanol–water partition coefficient (Wildman–Crippen LogP) is 3.72. The molecular weight excluding hydrogens is 304 g/mol. The molecule has 2 rings (SSSR count). The zero-order valence-electron chi connectivity index (χ0n) is 14.2. The molecule has 24 heavy (non-hydrogen) atoms. The molecule has 0 unspecified atom stereocenters. The molecule has 2 aromatic rings. The van der Waals surface area contributed by atoms with Crippen LogP contribution in [0.15, 0.2) is 46.9 Å². The summed E-state index contributed by atoms with van der Waals surface area (Å²) in [5, 5.41) is 2.75. The quantitative estimate of drug-likeness (QED) is 0.823. The van der Waals surface area contributed by atoms with Gasteiger partial charge in [-0.1, -0.05) is 0 Å². The van der Waals surface area contributed by atoms with E-state index in [-0.39, 0.29) is 11.8 Å². The highest BCUT2D eigenvalue weighted by atomic mass is 16.3. The summed E-state index contributed by atoms with van der Waals surface area (Å²) >= 11 is 0. The van der Waals surface area contributed by atoms with Crippen LogP contribution in [0.3, 0.4) is 0 Å². The van der Waals surface area contributed by atoms with Crippen molar-refractivity contribution < 1.29 is 14.0 Å². The summed E-state index contributed by atoms with van der Waals surface area (Å²) in [6, 6.07) is 10.5. The Morgan fingerprint density at radius 1 is 1.08 bits per heavy atom. The van der Waals surface area contributed by atoms with E-state index in [1.807, 2.05) is 26.8 Å². The summed E-state index contributed by atoms with van der Waals surface area (Å²) in [4.78, 5) is 25.9. The number of nitrogens with one attached hydrogen (secondary N) is 1. The van der Waals surface area contributed by atoms with Crippen molar-refractivity contribution in [2.75, 3.05) is 18.4 Å². The standard InChI is InChI=1S/C19H22N2O3/c1-4-21(5-2)19(23)15-7-9-16(10-8-15)20-18(22)13-12-17-11-6-14(3)24-17/h6-13H,4-5H2,1-3H3,(H,20,22)/b13-12-. The van der Waals surface area contributed by atoms with E-state index in [0.29, 0.717) is 30.1 Å². The van der Waals surface area contributed by atoms with E-state index in [4.69, 9.17) is 4.42 Å². The molecule has 0 aliphatic rings. The third-order valence-electron chi connectivity index (χ3n) is 3.61. The first-order valence-corrected chi connectivity index (χ1v) is 7.98. The number of anilines is 1. The van der Waals surface area contributed by atoms with Crippen molar-refractivity contribution in [2.45, 2.75) is 20.8 Å². The van der Waals surface area contributed by atoms with Crippen LogP contribution in [0.5, 0.6) is 0 Å². The SMILES string of the molecule is CCN(CC)C(=O)c1ccc(NC(=O)/C=C\c2ccc(C)o2)cc1. The average molecular weight is 326 g/mol. The summed E-state index contributed by atoms with van der Waals surface area (Å²) < 4.78 is 5.36. The van der Waals surface area contributed by atoms with Gasteiger partial charge in [0.25, 0.3) is 5.91 Å². The van der Waals surface area contributed by atoms with Crippen molar-refractivity contribution in [1.82, 2.24) is 4.90 Å². The summed E-state index contributed by atoms with van der Waals surface area (Å²) in [5.41, 5.74) is 1.25. The van der Waals surface area contributed by atoms with Crippen LogP contribution in [0.25, 0.3) is 6.08 Å². The molecule has 0 atom stereocenters. The molecule has 0 spiro atoms. The van der Waals surface area contributed by atoms with Crippen LogP contribution in [-0.2, 0) is 4.79 Å². The molecule has 0 aliphatic heterocycles. The van der Waals surface area contributed by atoms with Crippen molar-refractivity contribution in [3.63, 3.8) is 0 Å². The maximum absolute atomic E-state index is 12.2. The summed E-state index contributed by atoms with van der Waals surface area (Å²) in [5.74, 6) is 1.16. The molecule has 1 aromatic carbocycles. The third-order valence-corrected chi connectivity index (χ3v) is 3.61. The molecule has 2 amide bonds. The Morgan fingerprint density at radius 2 is 1.75 bits per heavy atom. The van der Waals surface area contributed by atoms with Gasteiger partial charge in [-0.15, -0.1) is 0 Å². The van der Waals surface area contributed by atoms with E-state index in [9.17, 15) is 9.59 Å². The minimum absolute atomic E-state index is 0.00837. The lowest BCUT2D eigenvalue weighted by Gasteiger charge is -2.18. The van der Waals surface area contributed by atoms with Crippen molar-refractivity contribution in [3.05, 3.63) is 59.6 Å². The lowest BCUT2D eigenvalue weighted by atomic mass is 10.1. The van der Waals surface area contributed by atoms with Gasteiger partial charge in [-0.25, -0.2) is 0 Å². The van der Waals surface area contributed by atoms with Crippen molar-refractivity contribution in [1.29, 1.82) is 0 Å². The van der Waals surface area contributed by atoms with Gasteiger partial charge in [0.2, 0.25) is 5.91 Å². The first-order chi connectivity index (χ1) is 11.5. The highest BCUT2D eigenvalue weighted by molar-refractivity contribution is 6.02. The fourth-order valence-corrected chi connectivity index (χ4v) is 2.27. The minimum atomic E-state index is -0.258. The van der Waals surface area contributed by atoms with E-state index in [1.54, 1.807) is 41.3 Å². The van der Waals surface area contributed by atoms with Crippen LogP contribution in [0, 0.1) is 6.92 Å². The first-order valence-electron chi connectivity index (χ1n) is 7.98. The second-order valence-corrected chi connectivity index (χ2v) is 5.33. The molecule has 0 saturated carbocycles. The van der Waals surface area contributed by atoms with E-state index in [1.165, 1.54) is 6.08 Å². The summed E-state index contributed by atoms with van der Waals surface area (Å²) in [6.45, 7) is 7.08. The van der Waals surface area contributed by atoms with Gasteiger partial charge < -0.3 is 14.6 Å². The predicted molar refractivity (Wildman–Crippen MR) is 94.8 cm³/mol. The third kappa shape index (κ3) is 4.59. The van der Waals surface area contributed by atoms with Gasteiger partial charge in [0.15, 0.2) is 0 Å². The number of hydrogen-bond acceptors (Lipinski definition) is 3. The number of amides is 2. The molecule has 0 bridgehead atoms. The average Bonchev–Trinajstić information content (AvgIpc) is 3.00. The smallest absolute Gasteiger partial charge is 0.253 e. The van der Waals surface area contributed by atoms with Crippen LogP contribution in [-0.4, -0.2) is 29.8 Å². The number of rotatable bonds is 6. The Morgan fingerprint density at radius 3 is 2.29 bits per heavy atom. The van der Waals surface area contributed by atoms with E-state index in [0.717, 1.165) is 5.76 Å². The van der Waals surface area contributed by atoms with Gasteiger partial charge >= 0.3 is 0 Å². The Kier molecular flexibility index (Phi) is 5.95. The lowest BCUT2D eigenvalue weighted by Crippen LogP contribution is -2.30. The molecule has 126 valence electrons. The Bertz CT molecular complexity index is 725. The molecule has 1 aromatic heterocycles. The molecule has 5 heteroatoms. The summed E-state index contributed by atoms with van der Waals surface area (Å²) in [7, 11) is 0. The van der Waals surface area contributed by atoms with Crippen LogP contribution < -0.4 is 5.32 Å². The maximum Gasteiger partial charge on any atom is 0.253 e. The highest BCUT2D eigenvalue weighted by Gasteiger charge is 2.12. The Balaban J connectivity index is 1.97. The Hall–Kier alpha value is -2.82. The number of nitrogens with zero attached hydrogens (tertiary/aromatic N) is 1. The molecule has 5 nitrogen and oxygen atoms in total. The molecular formula is C19H22N2O3. The second-order valence-electron chi connectivity index (χ2n) is 5.33. The lowest BCUT2D eigenvalue weighted by molar-refractivity contribution is -0.111. The van der Waals surface area contributed by atoms with E-state index >= 15 is 0 Å². The molecule has 0 fully saturated rings. The van der Waals surface area contributed by atoms with Crippen LogP contribution in [0.1, 0.15) is 35.7 Å². The van der Waals surface area contributed by atoms with Gasteiger partial charge in [0, 0.05) is 30.4 Å². The van der Waals surface area contributed by atoms with Crippen molar-refractivity contribution in [2.24, 2.45) is 0 Å². The van der Waals surface area contributed by atoms with Gasteiger partial charge in [-0.05, 0) is 63.2 Å². The van der Waals surface area contributed by atoms with Gasteiger partial charge in [0.05, 0.1) is 0 Å².